The number of allylic oxidation sites excluding steroid dienone is 2. The first-order valence-corrected chi connectivity index (χ1v) is 12.4. The number of hydrazone groups is 1. The summed E-state index contributed by atoms with van der Waals surface area (Å²) in [5.74, 6) is 0.565. The number of methoxy groups -OCH3 is 1. The molecule has 4 atom stereocenters. The molecule has 1 heterocycles. The number of rotatable bonds is 6. The molecule has 1 aliphatic heterocycles. The predicted octanol–water partition coefficient (Wildman–Crippen LogP) is 5.22. The lowest BCUT2D eigenvalue weighted by Crippen LogP contribution is -2.30. The van der Waals surface area contributed by atoms with Gasteiger partial charge in [-0.3, -0.25) is 9.59 Å². The molecule has 6 nitrogen and oxygen atoms in total. The molecule has 2 aromatic carbocycles. The van der Waals surface area contributed by atoms with Gasteiger partial charge in [0.1, 0.15) is 6.61 Å². The van der Waals surface area contributed by atoms with E-state index in [1.807, 2.05) is 30.3 Å². The van der Waals surface area contributed by atoms with Crippen molar-refractivity contribution in [1.29, 1.82) is 0 Å². The van der Waals surface area contributed by atoms with Crippen molar-refractivity contribution in [2.24, 2.45) is 34.2 Å². The predicted molar refractivity (Wildman–Crippen MR) is 131 cm³/mol. The molecule has 3 aliphatic carbocycles. The normalized spacial score (nSPS) is 27.8. The molecule has 8 heteroatoms. The molecule has 2 saturated carbocycles. The minimum absolute atomic E-state index is 0.177. The van der Waals surface area contributed by atoms with E-state index < -0.39 is 0 Å². The van der Waals surface area contributed by atoms with Crippen molar-refractivity contribution in [3.8, 4) is 11.5 Å². The number of carbonyl (C=O) groups is 2. The fraction of sp³-hybridized carbons (Fsp3) is 0.346. The number of benzene rings is 2. The van der Waals surface area contributed by atoms with Crippen LogP contribution in [-0.4, -0.2) is 30.1 Å². The number of amides is 2. The van der Waals surface area contributed by atoms with Crippen LogP contribution in [0.25, 0.3) is 0 Å². The Balaban J connectivity index is 1.20. The summed E-state index contributed by atoms with van der Waals surface area (Å²) >= 11 is 9.49. The minimum atomic E-state index is -0.257. The van der Waals surface area contributed by atoms with E-state index in [4.69, 9.17) is 21.1 Å². The first-order chi connectivity index (χ1) is 16.4. The molecule has 3 fully saturated rings. The fourth-order valence-electron chi connectivity index (χ4n) is 5.99. The van der Waals surface area contributed by atoms with Crippen molar-refractivity contribution in [2.45, 2.75) is 19.4 Å². The second-order valence-corrected chi connectivity index (χ2v) is 10.7. The number of carbonyl (C=O) groups excluding carboxylic acids is 2. The van der Waals surface area contributed by atoms with E-state index in [1.165, 1.54) is 6.21 Å². The number of fused-ring (bicyclic) bond motifs is 3. The third-order valence-corrected chi connectivity index (χ3v) is 8.54. The van der Waals surface area contributed by atoms with Gasteiger partial charge in [-0.25, -0.2) is 0 Å². The smallest absolute Gasteiger partial charge is 0.254 e. The molecule has 6 rings (SSSR count). The van der Waals surface area contributed by atoms with Gasteiger partial charge in [-0.15, -0.1) is 0 Å². The van der Waals surface area contributed by atoms with E-state index in [0.717, 1.165) is 23.4 Å². The van der Waals surface area contributed by atoms with Crippen LogP contribution < -0.4 is 9.47 Å². The minimum Gasteiger partial charge on any atom is -0.493 e. The fourth-order valence-corrected chi connectivity index (χ4v) is 6.69. The average molecular weight is 542 g/mol. The van der Waals surface area contributed by atoms with Crippen molar-refractivity contribution in [1.82, 2.24) is 5.01 Å². The molecule has 174 valence electrons. The maximum absolute atomic E-state index is 13.1. The summed E-state index contributed by atoms with van der Waals surface area (Å²) < 4.78 is 12.2. The summed E-state index contributed by atoms with van der Waals surface area (Å²) in [4.78, 5) is 26.2. The van der Waals surface area contributed by atoms with Gasteiger partial charge in [-0.05, 0) is 81.4 Å². The summed E-state index contributed by atoms with van der Waals surface area (Å²) in [7, 11) is 1.56. The van der Waals surface area contributed by atoms with E-state index in [0.29, 0.717) is 33.2 Å². The van der Waals surface area contributed by atoms with Gasteiger partial charge < -0.3 is 9.47 Å². The lowest BCUT2D eigenvalue weighted by molar-refractivity contribution is -0.141. The molecule has 0 unspecified atom stereocenters. The number of hydrogen-bond donors (Lipinski definition) is 0. The zero-order chi connectivity index (χ0) is 23.6. The second-order valence-electron chi connectivity index (χ2n) is 9.40. The Morgan fingerprint density at radius 2 is 1.76 bits per heavy atom. The molecule has 1 saturated heterocycles. The number of nitrogens with zero attached hydrogens (tertiary/aromatic N) is 2. The molecule has 34 heavy (non-hydrogen) atoms. The van der Waals surface area contributed by atoms with E-state index in [1.54, 1.807) is 13.2 Å². The quantitative estimate of drug-likeness (QED) is 0.286. The summed E-state index contributed by atoms with van der Waals surface area (Å²) in [6, 6.07) is 11.0. The summed E-state index contributed by atoms with van der Waals surface area (Å²) in [5, 5.41) is 6.04. The third-order valence-electron chi connectivity index (χ3n) is 7.70. The molecule has 2 aromatic rings. The number of hydrogen-bond acceptors (Lipinski definition) is 5. The number of imide groups is 1. The SMILES string of the molecule is COc1cc(/C=N\N2C(=O)[C@@H]3[C@@H](C2=O)[C@H]2C=C[C@H]3C23CC3)cc(Br)c1OCc1ccc(Cl)cc1. The molecule has 0 aromatic heterocycles. The first kappa shape index (κ1) is 21.9. The molecular weight excluding hydrogens is 520 g/mol. The van der Waals surface area contributed by atoms with E-state index in [-0.39, 0.29) is 40.9 Å². The van der Waals surface area contributed by atoms with Crippen LogP contribution in [0, 0.1) is 29.1 Å². The maximum Gasteiger partial charge on any atom is 0.254 e. The van der Waals surface area contributed by atoms with Crippen molar-refractivity contribution in [3.63, 3.8) is 0 Å². The van der Waals surface area contributed by atoms with E-state index in [2.05, 4.69) is 33.2 Å². The van der Waals surface area contributed by atoms with Crippen molar-refractivity contribution < 1.29 is 19.1 Å². The number of halogens is 2. The Bertz CT molecular complexity index is 1220. The van der Waals surface area contributed by atoms with Crippen LogP contribution in [0.3, 0.4) is 0 Å². The summed E-state index contributed by atoms with van der Waals surface area (Å²) in [6.07, 6.45) is 8.07. The highest BCUT2D eigenvalue weighted by atomic mass is 79.9. The first-order valence-electron chi connectivity index (χ1n) is 11.3. The zero-order valence-electron chi connectivity index (χ0n) is 18.4. The summed E-state index contributed by atoms with van der Waals surface area (Å²) in [6.45, 7) is 0.344. The average Bonchev–Trinajstić information content (AvgIpc) is 3.43. The Morgan fingerprint density at radius 3 is 2.35 bits per heavy atom. The van der Waals surface area contributed by atoms with Crippen LogP contribution in [-0.2, 0) is 16.2 Å². The Hall–Kier alpha value is -2.64. The molecule has 4 aliphatic rings. The highest BCUT2D eigenvalue weighted by Gasteiger charge is 2.73. The van der Waals surface area contributed by atoms with Crippen LogP contribution in [0.4, 0.5) is 0 Å². The van der Waals surface area contributed by atoms with E-state index >= 15 is 0 Å². The Kier molecular flexibility index (Phi) is 5.12. The lowest BCUT2D eigenvalue weighted by atomic mass is 9.85. The highest BCUT2D eigenvalue weighted by Crippen LogP contribution is 2.73. The van der Waals surface area contributed by atoms with Crippen molar-refractivity contribution in [3.05, 3.63) is 69.2 Å². The van der Waals surface area contributed by atoms with Crippen LogP contribution in [0.1, 0.15) is 24.0 Å². The number of ether oxygens (including phenoxy) is 2. The largest absolute Gasteiger partial charge is 0.493 e. The van der Waals surface area contributed by atoms with Gasteiger partial charge in [0, 0.05) is 5.02 Å². The maximum atomic E-state index is 13.1. The zero-order valence-corrected chi connectivity index (χ0v) is 20.8. The van der Waals surface area contributed by atoms with Crippen LogP contribution in [0.5, 0.6) is 11.5 Å². The molecule has 0 N–H and O–H groups in total. The van der Waals surface area contributed by atoms with Crippen LogP contribution >= 0.6 is 27.5 Å². The van der Waals surface area contributed by atoms with Crippen molar-refractivity contribution in [2.75, 3.05) is 7.11 Å². The second kappa shape index (κ2) is 7.95. The topological polar surface area (TPSA) is 68.2 Å². The van der Waals surface area contributed by atoms with Gasteiger partial charge in [0.05, 0.1) is 29.6 Å². The van der Waals surface area contributed by atoms with Crippen LogP contribution in [0.15, 0.2) is 58.1 Å². The van der Waals surface area contributed by atoms with Gasteiger partial charge in [-0.2, -0.15) is 10.1 Å². The van der Waals surface area contributed by atoms with Crippen molar-refractivity contribution >= 4 is 45.6 Å². The monoisotopic (exact) mass is 540 g/mol. The lowest BCUT2D eigenvalue weighted by Gasteiger charge is -2.18. The molecule has 2 amide bonds. The van der Waals surface area contributed by atoms with Gasteiger partial charge in [0.25, 0.3) is 11.8 Å². The van der Waals surface area contributed by atoms with Gasteiger partial charge in [0.15, 0.2) is 11.5 Å². The Labute approximate surface area is 210 Å². The van der Waals surface area contributed by atoms with Gasteiger partial charge in [0.2, 0.25) is 0 Å². The van der Waals surface area contributed by atoms with Crippen LogP contribution in [0.2, 0.25) is 5.02 Å². The van der Waals surface area contributed by atoms with E-state index in [9.17, 15) is 9.59 Å². The Morgan fingerprint density at radius 1 is 1.12 bits per heavy atom. The molecule has 0 radical (unpaired) electrons. The molecular formula is C26H22BrClN2O4. The standard InChI is InChI=1S/C26H22BrClN2O4/c1-33-20-11-15(10-19(27)23(20)34-13-14-2-4-16(28)5-3-14)12-29-30-24(31)21-17-6-7-18(22(21)25(30)32)26(17)8-9-26/h2-7,10-12,17-18,21-22H,8-9,13H2,1H3/b29-12-/t17-,18-,21+,22+/m1/s1. The summed E-state index contributed by atoms with van der Waals surface area (Å²) in [5.41, 5.74) is 1.83. The highest BCUT2D eigenvalue weighted by molar-refractivity contribution is 9.10. The van der Waals surface area contributed by atoms with Gasteiger partial charge in [-0.1, -0.05) is 35.9 Å². The molecule has 1 spiro atoms. The van der Waals surface area contributed by atoms with Gasteiger partial charge >= 0.3 is 0 Å². The third kappa shape index (κ3) is 3.24. The molecule has 2 bridgehead atoms.